The van der Waals surface area contributed by atoms with Crippen LogP contribution in [0.4, 0.5) is 5.69 Å². The van der Waals surface area contributed by atoms with Gasteiger partial charge in [-0.05, 0) is 69.5 Å². The Bertz CT molecular complexity index is 1260. The quantitative estimate of drug-likeness (QED) is 0.496. The van der Waals surface area contributed by atoms with Crippen molar-refractivity contribution in [3.05, 3.63) is 77.0 Å². The van der Waals surface area contributed by atoms with Gasteiger partial charge in [0.1, 0.15) is 0 Å². The average Bonchev–Trinajstić information content (AvgIpc) is 3.08. The molecule has 0 saturated carbocycles. The second-order valence-electron chi connectivity index (χ2n) is 7.88. The Balaban J connectivity index is 1.62. The monoisotopic (exact) mass is 414 g/mol. The van der Waals surface area contributed by atoms with Crippen LogP contribution in [-0.4, -0.2) is 26.8 Å². The van der Waals surface area contributed by atoms with E-state index in [9.17, 15) is 4.79 Å². The third kappa shape index (κ3) is 4.14. The number of nitrogens with zero attached hydrogens (tertiary/aromatic N) is 3. The van der Waals surface area contributed by atoms with E-state index in [1.165, 1.54) is 0 Å². The Kier molecular flexibility index (Phi) is 5.46. The van der Waals surface area contributed by atoms with Crippen LogP contribution in [0.25, 0.3) is 16.7 Å². The Labute approximate surface area is 181 Å². The number of hydrogen-bond donors (Lipinski definition) is 1. The molecule has 1 unspecified atom stereocenters. The molecular formula is C25H26N4O2. The molecule has 0 saturated heterocycles. The van der Waals surface area contributed by atoms with E-state index < -0.39 is 6.10 Å². The minimum atomic E-state index is -0.710. The number of nitrogens with one attached hydrogen (secondary N) is 1. The van der Waals surface area contributed by atoms with E-state index >= 15 is 0 Å². The molecule has 0 aliphatic carbocycles. The van der Waals surface area contributed by atoms with Crippen molar-refractivity contribution < 1.29 is 9.53 Å². The van der Waals surface area contributed by atoms with Crippen molar-refractivity contribution in [2.75, 3.05) is 5.32 Å². The molecule has 158 valence electrons. The molecule has 0 aliphatic heterocycles. The summed E-state index contributed by atoms with van der Waals surface area (Å²) in [5.41, 5.74) is 6.41. The largest absolute Gasteiger partial charge is 0.464 e. The highest BCUT2D eigenvalue weighted by molar-refractivity contribution is 5.95. The van der Waals surface area contributed by atoms with E-state index in [-0.39, 0.29) is 5.91 Å². The molecule has 1 atom stereocenters. The van der Waals surface area contributed by atoms with Gasteiger partial charge in [0.2, 0.25) is 5.88 Å². The number of aromatic nitrogens is 3. The van der Waals surface area contributed by atoms with Gasteiger partial charge >= 0.3 is 0 Å². The van der Waals surface area contributed by atoms with E-state index in [1.807, 2.05) is 87.0 Å². The van der Waals surface area contributed by atoms with Gasteiger partial charge in [0.15, 0.2) is 11.8 Å². The molecule has 1 N–H and O–H groups in total. The zero-order valence-electron chi connectivity index (χ0n) is 18.4. The molecular weight excluding hydrogens is 388 g/mol. The summed E-state index contributed by atoms with van der Waals surface area (Å²) < 4.78 is 7.75. The zero-order valence-corrected chi connectivity index (χ0v) is 18.4. The van der Waals surface area contributed by atoms with Gasteiger partial charge < -0.3 is 10.1 Å². The topological polar surface area (TPSA) is 69.0 Å². The molecule has 6 nitrogen and oxygen atoms in total. The van der Waals surface area contributed by atoms with Gasteiger partial charge in [-0.2, -0.15) is 10.1 Å². The van der Waals surface area contributed by atoms with E-state index in [4.69, 9.17) is 9.72 Å². The average molecular weight is 415 g/mol. The van der Waals surface area contributed by atoms with E-state index in [2.05, 4.69) is 10.4 Å². The van der Waals surface area contributed by atoms with Gasteiger partial charge in [0, 0.05) is 17.1 Å². The Hall–Kier alpha value is -3.67. The minimum Gasteiger partial charge on any atom is -0.464 e. The van der Waals surface area contributed by atoms with Gasteiger partial charge in [0.05, 0.1) is 11.4 Å². The lowest BCUT2D eigenvalue weighted by Gasteiger charge is -2.16. The summed E-state index contributed by atoms with van der Waals surface area (Å²) in [7, 11) is 0. The van der Waals surface area contributed by atoms with Crippen molar-refractivity contribution in [1.82, 2.24) is 14.8 Å². The fourth-order valence-corrected chi connectivity index (χ4v) is 3.62. The lowest BCUT2D eigenvalue weighted by atomic mass is 10.1. The number of fused-ring (bicyclic) bond motifs is 1. The Morgan fingerprint density at radius 3 is 2.48 bits per heavy atom. The van der Waals surface area contributed by atoms with Gasteiger partial charge in [0.25, 0.3) is 5.91 Å². The maximum absolute atomic E-state index is 12.7. The summed E-state index contributed by atoms with van der Waals surface area (Å²) in [4.78, 5) is 17.4. The standard InChI is InChI=1S/C25H26N4O2/c1-15-11-12-16(2)21(13-15)26-25(30)19(5)31-22-14-17(3)23-18(4)28-29(24(23)27-22)20-9-7-6-8-10-20/h6-14,19H,1-5H3,(H,26,30). The molecule has 4 rings (SSSR count). The molecule has 0 aliphatic rings. The Morgan fingerprint density at radius 2 is 1.74 bits per heavy atom. The number of amides is 1. The van der Waals surface area contributed by atoms with Crippen LogP contribution in [0, 0.1) is 27.7 Å². The van der Waals surface area contributed by atoms with Crippen LogP contribution in [0.15, 0.2) is 54.6 Å². The second kappa shape index (κ2) is 8.22. The summed E-state index contributed by atoms with van der Waals surface area (Å²) in [6, 6.07) is 17.7. The highest BCUT2D eigenvalue weighted by Gasteiger charge is 2.19. The van der Waals surface area contributed by atoms with E-state index in [1.54, 1.807) is 6.92 Å². The first kappa shape index (κ1) is 20.6. The first-order valence-corrected chi connectivity index (χ1v) is 10.3. The van der Waals surface area contributed by atoms with Crippen molar-refractivity contribution in [2.45, 2.75) is 40.7 Å². The van der Waals surface area contributed by atoms with Crippen molar-refractivity contribution in [3.8, 4) is 11.6 Å². The number of benzene rings is 2. The lowest BCUT2D eigenvalue weighted by molar-refractivity contribution is -0.122. The van der Waals surface area contributed by atoms with E-state index in [0.29, 0.717) is 11.5 Å². The van der Waals surface area contributed by atoms with Crippen LogP contribution < -0.4 is 10.1 Å². The van der Waals surface area contributed by atoms with Crippen molar-refractivity contribution in [1.29, 1.82) is 0 Å². The minimum absolute atomic E-state index is 0.221. The third-order valence-corrected chi connectivity index (χ3v) is 5.30. The molecule has 6 heteroatoms. The van der Waals surface area contributed by atoms with Crippen molar-refractivity contribution in [3.63, 3.8) is 0 Å². The summed E-state index contributed by atoms with van der Waals surface area (Å²) in [5.74, 6) is 0.173. The van der Waals surface area contributed by atoms with Crippen LogP contribution in [0.3, 0.4) is 0 Å². The number of carbonyl (C=O) groups excluding carboxylic acids is 1. The van der Waals surface area contributed by atoms with Gasteiger partial charge in [-0.1, -0.05) is 30.3 Å². The normalized spacial score (nSPS) is 12.0. The number of ether oxygens (including phenoxy) is 1. The fourth-order valence-electron chi connectivity index (χ4n) is 3.62. The second-order valence-corrected chi connectivity index (χ2v) is 7.88. The molecule has 2 heterocycles. The molecule has 0 radical (unpaired) electrons. The lowest BCUT2D eigenvalue weighted by Crippen LogP contribution is -2.30. The van der Waals surface area contributed by atoms with Crippen LogP contribution in [0.1, 0.15) is 29.3 Å². The number of aryl methyl sites for hydroxylation is 4. The number of pyridine rings is 1. The summed E-state index contributed by atoms with van der Waals surface area (Å²) in [5, 5.41) is 8.61. The van der Waals surface area contributed by atoms with Crippen molar-refractivity contribution >= 4 is 22.6 Å². The first-order chi connectivity index (χ1) is 14.8. The molecule has 2 aromatic carbocycles. The van der Waals surface area contributed by atoms with E-state index in [0.717, 1.165) is 39.1 Å². The molecule has 0 fully saturated rings. The summed E-state index contributed by atoms with van der Waals surface area (Å²) >= 11 is 0. The predicted octanol–water partition coefficient (Wildman–Crippen LogP) is 5.06. The Morgan fingerprint density at radius 1 is 1.00 bits per heavy atom. The molecule has 4 aromatic rings. The number of hydrogen-bond acceptors (Lipinski definition) is 4. The SMILES string of the molecule is Cc1ccc(C)c(NC(=O)C(C)Oc2cc(C)c3c(C)nn(-c4ccccc4)c3n2)c1. The van der Waals surface area contributed by atoms with Gasteiger partial charge in [-0.25, -0.2) is 4.68 Å². The molecule has 0 bridgehead atoms. The zero-order chi connectivity index (χ0) is 22.1. The molecule has 0 spiro atoms. The number of para-hydroxylation sites is 1. The maximum Gasteiger partial charge on any atom is 0.265 e. The smallest absolute Gasteiger partial charge is 0.265 e. The van der Waals surface area contributed by atoms with Gasteiger partial charge in [-0.3, -0.25) is 4.79 Å². The fraction of sp³-hybridized carbons (Fsp3) is 0.240. The number of anilines is 1. The van der Waals surface area contributed by atoms with Crippen molar-refractivity contribution in [2.24, 2.45) is 0 Å². The third-order valence-electron chi connectivity index (χ3n) is 5.30. The van der Waals surface area contributed by atoms with Crippen LogP contribution in [0.2, 0.25) is 0 Å². The molecule has 1 amide bonds. The number of rotatable bonds is 5. The molecule has 31 heavy (non-hydrogen) atoms. The maximum atomic E-state index is 12.7. The summed E-state index contributed by atoms with van der Waals surface area (Å²) in [6.07, 6.45) is -0.710. The first-order valence-electron chi connectivity index (χ1n) is 10.3. The molecule has 2 aromatic heterocycles. The van der Waals surface area contributed by atoms with Crippen LogP contribution in [-0.2, 0) is 4.79 Å². The summed E-state index contributed by atoms with van der Waals surface area (Å²) in [6.45, 7) is 9.65. The predicted molar refractivity (Wildman–Crippen MR) is 123 cm³/mol. The highest BCUT2D eigenvalue weighted by atomic mass is 16.5. The number of carbonyl (C=O) groups is 1. The van der Waals surface area contributed by atoms with Gasteiger partial charge in [-0.15, -0.1) is 0 Å². The van der Waals surface area contributed by atoms with Crippen LogP contribution >= 0.6 is 0 Å². The van der Waals surface area contributed by atoms with Crippen LogP contribution in [0.5, 0.6) is 5.88 Å². The highest BCUT2D eigenvalue weighted by Crippen LogP contribution is 2.27.